The Morgan fingerprint density at radius 1 is 1.05 bits per heavy atom. The maximum absolute atomic E-state index is 13.3. The van der Waals surface area contributed by atoms with Crippen LogP contribution in [0.4, 0.5) is 5.69 Å². The summed E-state index contributed by atoms with van der Waals surface area (Å²) in [5.74, 6) is 0. The first-order valence-electron chi connectivity index (χ1n) is 6.68. The second-order valence-corrected chi connectivity index (χ2v) is 7.41. The van der Waals surface area contributed by atoms with Gasteiger partial charge in [-0.2, -0.15) is 0 Å². The second kappa shape index (κ2) is 6.25. The van der Waals surface area contributed by atoms with E-state index in [0.29, 0.717) is 11.8 Å². The van der Waals surface area contributed by atoms with E-state index in [4.69, 9.17) is 10.3 Å². The number of rotatable bonds is 5. The fourth-order valence-corrected chi connectivity index (χ4v) is 4.51. The van der Waals surface area contributed by atoms with Gasteiger partial charge in [0.2, 0.25) is 7.37 Å². The molecule has 2 aromatic rings. The molecule has 0 aliphatic heterocycles. The van der Waals surface area contributed by atoms with Crippen LogP contribution in [0.3, 0.4) is 0 Å². The Morgan fingerprint density at radius 2 is 1.65 bits per heavy atom. The average Bonchev–Trinajstić information content (AvgIpc) is 2.42. The van der Waals surface area contributed by atoms with E-state index in [1.54, 1.807) is 0 Å². The highest BCUT2D eigenvalue weighted by Gasteiger charge is 2.28. The molecule has 1 unspecified atom stereocenters. The molecular weight excluding hydrogens is 269 g/mol. The molecule has 20 heavy (non-hydrogen) atoms. The van der Waals surface area contributed by atoms with E-state index in [2.05, 4.69) is 0 Å². The lowest BCUT2D eigenvalue weighted by molar-refractivity contribution is 0.248. The molecule has 4 heteroatoms. The van der Waals surface area contributed by atoms with Gasteiger partial charge in [0.05, 0.1) is 12.3 Å². The number of nitrogen functional groups attached to an aromatic ring is 1. The van der Waals surface area contributed by atoms with E-state index in [1.165, 1.54) is 0 Å². The van der Waals surface area contributed by atoms with Crippen molar-refractivity contribution >= 4 is 18.4 Å². The monoisotopic (exact) mass is 289 g/mol. The summed E-state index contributed by atoms with van der Waals surface area (Å²) in [6.07, 6.45) is 0.216. The van der Waals surface area contributed by atoms with Gasteiger partial charge in [0.1, 0.15) is 0 Å². The average molecular weight is 289 g/mol. The Labute approximate surface area is 120 Å². The fourth-order valence-electron chi connectivity index (χ4n) is 2.09. The highest BCUT2D eigenvalue weighted by atomic mass is 31.2. The molecule has 0 amide bonds. The third-order valence-corrected chi connectivity index (χ3v) is 5.57. The first kappa shape index (κ1) is 14.8. The Morgan fingerprint density at radius 3 is 2.25 bits per heavy atom. The number of benzene rings is 2. The van der Waals surface area contributed by atoms with Crippen molar-refractivity contribution in [3.05, 3.63) is 60.2 Å². The van der Waals surface area contributed by atoms with Gasteiger partial charge in [-0.05, 0) is 37.6 Å². The van der Waals surface area contributed by atoms with E-state index < -0.39 is 7.37 Å². The van der Waals surface area contributed by atoms with E-state index in [-0.39, 0.29) is 6.10 Å². The lowest BCUT2D eigenvalue weighted by Crippen LogP contribution is -2.13. The minimum absolute atomic E-state index is 0.106. The molecule has 106 valence electrons. The van der Waals surface area contributed by atoms with Crippen LogP contribution in [0.15, 0.2) is 54.6 Å². The summed E-state index contributed by atoms with van der Waals surface area (Å²) in [5, 5.41) is 0.733. The summed E-state index contributed by atoms with van der Waals surface area (Å²) in [7, 11) is -2.96. The van der Waals surface area contributed by atoms with Gasteiger partial charge in [0.15, 0.2) is 0 Å². The van der Waals surface area contributed by atoms with Gasteiger partial charge in [-0.3, -0.25) is 4.57 Å². The van der Waals surface area contributed by atoms with Gasteiger partial charge in [-0.25, -0.2) is 0 Å². The van der Waals surface area contributed by atoms with Crippen molar-refractivity contribution in [1.82, 2.24) is 0 Å². The van der Waals surface area contributed by atoms with E-state index >= 15 is 0 Å². The third-order valence-electron chi connectivity index (χ3n) is 2.96. The molecule has 0 aliphatic carbocycles. The molecule has 0 saturated heterocycles. The van der Waals surface area contributed by atoms with E-state index in [9.17, 15) is 4.57 Å². The van der Waals surface area contributed by atoms with Crippen LogP contribution in [-0.4, -0.2) is 6.10 Å². The van der Waals surface area contributed by atoms with Crippen molar-refractivity contribution in [2.75, 3.05) is 5.73 Å². The zero-order valence-corrected chi connectivity index (χ0v) is 12.7. The normalized spacial score (nSPS) is 14.2. The predicted molar refractivity (Wildman–Crippen MR) is 84.5 cm³/mol. The van der Waals surface area contributed by atoms with Crippen LogP contribution in [-0.2, 0) is 15.3 Å². The molecule has 2 rings (SSSR count). The molecular formula is C16H20NO2P. The first-order valence-corrected chi connectivity index (χ1v) is 8.49. The standard InChI is InChI=1S/C16H20NO2P/c1-13(2)19-20(18,15-9-4-3-5-10-15)12-14-8-6-7-11-16(14)17/h3-11,13H,12,17H2,1-2H3. The molecule has 0 saturated carbocycles. The number of hydrogen-bond acceptors (Lipinski definition) is 3. The molecule has 1 atom stereocenters. The molecule has 0 radical (unpaired) electrons. The predicted octanol–water partition coefficient (Wildman–Crippen LogP) is 3.80. The van der Waals surface area contributed by atoms with Crippen molar-refractivity contribution in [1.29, 1.82) is 0 Å². The SMILES string of the molecule is CC(C)OP(=O)(Cc1ccccc1N)c1ccccc1. The van der Waals surface area contributed by atoms with Crippen LogP contribution >= 0.6 is 7.37 Å². The van der Waals surface area contributed by atoms with Gasteiger partial charge in [0.25, 0.3) is 0 Å². The van der Waals surface area contributed by atoms with Gasteiger partial charge >= 0.3 is 0 Å². The Kier molecular flexibility index (Phi) is 4.64. The first-order chi connectivity index (χ1) is 9.51. The topological polar surface area (TPSA) is 52.3 Å². The molecule has 0 bridgehead atoms. The molecule has 3 nitrogen and oxygen atoms in total. The summed E-state index contributed by atoms with van der Waals surface area (Å²) in [6, 6.07) is 16.8. The van der Waals surface area contributed by atoms with Gasteiger partial charge < -0.3 is 10.3 Å². The number of para-hydroxylation sites is 1. The van der Waals surface area contributed by atoms with Crippen molar-refractivity contribution < 1.29 is 9.09 Å². The van der Waals surface area contributed by atoms with Gasteiger partial charge in [-0.1, -0.05) is 36.4 Å². The van der Waals surface area contributed by atoms with Gasteiger partial charge in [0, 0.05) is 11.0 Å². The molecule has 0 fully saturated rings. The molecule has 2 aromatic carbocycles. The molecule has 0 aromatic heterocycles. The zero-order chi connectivity index (χ0) is 14.6. The zero-order valence-electron chi connectivity index (χ0n) is 11.8. The minimum Gasteiger partial charge on any atom is -0.398 e. The molecule has 2 N–H and O–H groups in total. The maximum Gasteiger partial charge on any atom is 0.236 e. The summed E-state index contributed by atoms with van der Waals surface area (Å²) >= 11 is 0. The van der Waals surface area contributed by atoms with Crippen LogP contribution in [0, 0.1) is 0 Å². The molecule has 0 heterocycles. The Hall–Kier alpha value is -1.57. The quantitative estimate of drug-likeness (QED) is 0.673. The van der Waals surface area contributed by atoms with Gasteiger partial charge in [-0.15, -0.1) is 0 Å². The van der Waals surface area contributed by atoms with E-state index in [1.807, 2.05) is 68.4 Å². The lowest BCUT2D eigenvalue weighted by Gasteiger charge is -2.22. The summed E-state index contributed by atoms with van der Waals surface area (Å²) in [4.78, 5) is 0. The van der Waals surface area contributed by atoms with Crippen molar-refractivity contribution in [2.24, 2.45) is 0 Å². The van der Waals surface area contributed by atoms with Crippen LogP contribution < -0.4 is 11.0 Å². The summed E-state index contributed by atoms with van der Waals surface area (Å²) < 4.78 is 19.1. The number of hydrogen-bond donors (Lipinski definition) is 1. The molecule has 0 aliphatic rings. The minimum atomic E-state index is -2.96. The van der Waals surface area contributed by atoms with Crippen LogP contribution in [0.2, 0.25) is 0 Å². The Bertz CT molecular complexity index is 611. The van der Waals surface area contributed by atoms with Crippen LogP contribution in [0.1, 0.15) is 19.4 Å². The van der Waals surface area contributed by atoms with Crippen LogP contribution in [0.5, 0.6) is 0 Å². The van der Waals surface area contributed by atoms with Crippen LogP contribution in [0.25, 0.3) is 0 Å². The largest absolute Gasteiger partial charge is 0.398 e. The maximum atomic E-state index is 13.3. The lowest BCUT2D eigenvalue weighted by atomic mass is 10.2. The van der Waals surface area contributed by atoms with E-state index in [0.717, 1.165) is 10.9 Å². The van der Waals surface area contributed by atoms with Crippen molar-refractivity contribution in [3.8, 4) is 0 Å². The highest BCUT2D eigenvalue weighted by Crippen LogP contribution is 2.50. The number of anilines is 1. The summed E-state index contributed by atoms with van der Waals surface area (Å²) in [6.45, 7) is 3.79. The van der Waals surface area contributed by atoms with Crippen molar-refractivity contribution in [3.63, 3.8) is 0 Å². The highest BCUT2D eigenvalue weighted by molar-refractivity contribution is 7.66. The second-order valence-electron chi connectivity index (χ2n) is 5.02. The van der Waals surface area contributed by atoms with Crippen molar-refractivity contribution in [2.45, 2.75) is 26.1 Å². The Balaban J connectivity index is 2.38. The number of nitrogens with two attached hydrogens (primary N) is 1. The third kappa shape index (κ3) is 3.50. The molecule has 0 spiro atoms. The summed E-state index contributed by atoms with van der Waals surface area (Å²) in [5.41, 5.74) is 7.47. The smallest absolute Gasteiger partial charge is 0.236 e. The fraction of sp³-hybridized carbons (Fsp3) is 0.250.